The van der Waals surface area contributed by atoms with Gasteiger partial charge in [-0.25, -0.2) is 0 Å². The zero-order valence-electron chi connectivity index (χ0n) is 10.6. The first-order valence-corrected chi connectivity index (χ1v) is 6.55. The van der Waals surface area contributed by atoms with E-state index in [-0.39, 0.29) is 0 Å². The van der Waals surface area contributed by atoms with Crippen molar-refractivity contribution in [2.45, 2.75) is 52.5 Å². The first-order chi connectivity index (χ1) is 7.24. The maximum atomic E-state index is 5.60. The second kappa shape index (κ2) is 7.24. The molecule has 1 unspecified atom stereocenters. The molecule has 1 aliphatic carbocycles. The highest BCUT2D eigenvalue weighted by atomic mass is 16.5. The Kier molecular flexibility index (Phi) is 6.26. The van der Waals surface area contributed by atoms with Gasteiger partial charge in [0.1, 0.15) is 0 Å². The van der Waals surface area contributed by atoms with Crippen LogP contribution < -0.4 is 5.32 Å². The molecule has 0 heterocycles. The largest absolute Gasteiger partial charge is 0.381 e. The van der Waals surface area contributed by atoms with Crippen LogP contribution in [0.3, 0.4) is 0 Å². The number of hydrogen-bond acceptors (Lipinski definition) is 2. The maximum absolute atomic E-state index is 5.60. The van der Waals surface area contributed by atoms with Gasteiger partial charge in [0.15, 0.2) is 0 Å². The molecular formula is C13H27NO. The Balaban J connectivity index is 2.30. The third-order valence-corrected chi connectivity index (χ3v) is 3.39. The molecule has 2 nitrogen and oxygen atoms in total. The van der Waals surface area contributed by atoms with Crippen LogP contribution in [0.25, 0.3) is 0 Å². The van der Waals surface area contributed by atoms with Crippen molar-refractivity contribution in [1.29, 1.82) is 0 Å². The lowest BCUT2D eigenvalue weighted by molar-refractivity contribution is 0.0851. The molecule has 0 aromatic rings. The smallest absolute Gasteiger partial charge is 0.0508 e. The molecule has 0 aliphatic heterocycles. The standard InChI is InChI=1S/C13H27NO/c1-4-15-10-13(9-14-11(2)3)12-7-5-6-8-12/h11-14H,4-10H2,1-3H3. The zero-order chi connectivity index (χ0) is 11.1. The van der Waals surface area contributed by atoms with Gasteiger partial charge < -0.3 is 10.1 Å². The molecule has 2 heteroatoms. The fraction of sp³-hybridized carbons (Fsp3) is 1.00. The lowest BCUT2D eigenvalue weighted by Gasteiger charge is -2.24. The Morgan fingerprint density at radius 3 is 2.47 bits per heavy atom. The summed E-state index contributed by atoms with van der Waals surface area (Å²) < 4.78 is 5.60. The minimum Gasteiger partial charge on any atom is -0.381 e. The molecule has 0 spiro atoms. The highest BCUT2D eigenvalue weighted by Crippen LogP contribution is 2.31. The highest BCUT2D eigenvalue weighted by molar-refractivity contribution is 4.77. The summed E-state index contributed by atoms with van der Waals surface area (Å²) in [5, 5.41) is 3.55. The van der Waals surface area contributed by atoms with Gasteiger partial charge in [-0.15, -0.1) is 0 Å². The fourth-order valence-corrected chi connectivity index (χ4v) is 2.45. The van der Waals surface area contributed by atoms with E-state index in [2.05, 4.69) is 26.1 Å². The van der Waals surface area contributed by atoms with E-state index < -0.39 is 0 Å². The predicted molar refractivity (Wildman–Crippen MR) is 65.1 cm³/mol. The quantitative estimate of drug-likeness (QED) is 0.702. The van der Waals surface area contributed by atoms with Gasteiger partial charge in [0.2, 0.25) is 0 Å². The van der Waals surface area contributed by atoms with Crippen LogP contribution in [0.4, 0.5) is 0 Å². The summed E-state index contributed by atoms with van der Waals surface area (Å²) in [6, 6.07) is 0.593. The number of rotatable bonds is 7. The summed E-state index contributed by atoms with van der Waals surface area (Å²) in [7, 11) is 0. The summed E-state index contributed by atoms with van der Waals surface area (Å²) in [5.41, 5.74) is 0. The molecule has 1 rings (SSSR count). The van der Waals surface area contributed by atoms with E-state index in [0.29, 0.717) is 6.04 Å². The summed E-state index contributed by atoms with van der Waals surface area (Å²) in [6.07, 6.45) is 5.68. The highest BCUT2D eigenvalue weighted by Gasteiger charge is 2.24. The van der Waals surface area contributed by atoms with Crippen LogP contribution >= 0.6 is 0 Å². The minimum atomic E-state index is 0.593. The molecule has 1 N–H and O–H groups in total. The van der Waals surface area contributed by atoms with Crippen LogP contribution in [0.5, 0.6) is 0 Å². The van der Waals surface area contributed by atoms with Gasteiger partial charge in [-0.05, 0) is 18.8 Å². The molecule has 1 atom stereocenters. The topological polar surface area (TPSA) is 21.3 Å². The first-order valence-electron chi connectivity index (χ1n) is 6.55. The monoisotopic (exact) mass is 213 g/mol. The third kappa shape index (κ3) is 4.98. The van der Waals surface area contributed by atoms with Crippen LogP contribution in [0.1, 0.15) is 46.5 Å². The van der Waals surface area contributed by atoms with Gasteiger partial charge in [-0.3, -0.25) is 0 Å². The van der Waals surface area contributed by atoms with Gasteiger partial charge in [-0.1, -0.05) is 39.5 Å². The van der Waals surface area contributed by atoms with E-state index in [1.54, 1.807) is 0 Å². The number of hydrogen-bond donors (Lipinski definition) is 1. The lowest BCUT2D eigenvalue weighted by atomic mass is 9.91. The normalized spacial score (nSPS) is 20.0. The van der Waals surface area contributed by atoms with Gasteiger partial charge >= 0.3 is 0 Å². The molecule has 1 saturated carbocycles. The van der Waals surface area contributed by atoms with Crippen molar-refractivity contribution in [2.75, 3.05) is 19.8 Å². The summed E-state index contributed by atoms with van der Waals surface area (Å²) >= 11 is 0. The Morgan fingerprint density at radius 1 is 1.27 bits per heavy atom. The van der Waals surface area contributed by atoms with E-state index in [9.17, 15) is 0 Å². The molecule has 0 radical (unpaired) electrons. The van der Waals surface area contributed by atoms with Crippen LogP contribution in [0.15, 0.2) is 0 Å². The van der Waals surface area contributed by atoms with Crippen LogP contribution in [0, 0.1) is 11.8 Å². The van der Waals surface area contributed by atoms with E-state index in [1.807, 2.05) is 0 Å². The second-order valence-corrected chi connectivity index (χ2v) is 5.03. The lowest BCUT2D eigenvalue weighted by Crippen LogP contribution is -2.34. The molecule has 0 amide bonds. The average molecular weight is 213 g/mol. The summed E-state index contributed by atoms with van der Waals surface area (Å²) in [6.45, 7) is 9.44. The maximum Gasteiger partial charge on any atom is 0.0508 e. The third-order valence-electron chi connectivity index (χ3n) is 3.39. The van der Waals surface area contributed by atoms with Gasteiger partial charge in [0.25, 0.3) is 0 Å². The van der Waals surface area contributed by atoms with Crippen molar-refractivity contribution in [1.82, 2.24) is 5.32 Å². The Labute approximate surface area is 94.8 Å². The van der Waals surface area contributed by atoms with Crippen molar-refractivity contribution in [3.05, 3.63) is 0 Å². The molecule has 0 bridgehead atoms. The zero-order valence-corrected chi connectivity index (χ0v) is 10.6. The molecular weight excluding hydrogens is 186 g/mol. The summed E-state index contributed by atoms with van der Waals surface area (Å²) in [4.78, 5) is 0. The van der Waals surface area contributed by atoms with E-state index in [4.69, 9.17) is 4.74 Å². The van der Waals surface area contributed by atoms with E-state index >= 15 is 0 Å². The molecule has 90 valence electrons. The Morgan fingerprint density at radius 2 is 1.93 bits per heavy atom. The van der Waals surface area contributed by atoms with Crippen molar-refractivity contribution in [3.63, 3.8) is 0 Å². The van der Waals surface area contributed by atoms with Crippen LogP contribution in [-0.2, 0) is 4.74 Å². The van der Waals surface area contributed by atoms with Gasteiger partial charge in [0.05, 0.1) is 6.61 Å². The number of nitrogens with one attached hydrogen (secondary N) is 1. The van der Waals surface area contributed by atoms with Gasteiger partial charge in [-0.2, -0.15) is 0 Å². The van der Waals surface area contributed by atoms with Gasteiger partial charge in [0, 0.05) is 19.2 Å². The molecule has 1 fully saturated rings. The molecule has 15 heavy (non-hydrogen) atoms. The van der Waals surface area contributed by atoms with Crippen molar-refractivity contribution in [2.24, 2.45) is 11.8 Å². The summed E-state index contributed by atoms with van der Waals surface area (Å²) in [5.74, 6) is 1.64. The van der Waals surface area contributed by atoms with Crippen LogP contribution in [0.2, 0.25) is 0 Å². The Hall–Kier alpha value is -0.0800. The predicted octanol–water partition coefficient (Wildman–Crippen LogP) is 2.83. The fourth-order valence-electron chi connectivity index (χ4n) is 2.45. The van der Waals surface area contributed by atoms with Crippen molar-refractivity contribution in [3.8, 4) is 0 Å². The van der Waals surface area contributed by atoms with Crippen LogP contribution in [-0.4, -0.2) is 25.8 Å². The second-order valence-electron chi connectivity index (χ2n) is 5.03. The first kappa shape index (κ1) is 13.0. The van der Waals surface area contributed by atoms with Crippen molar-refractivity contribution < 1.29 is 4.74 Å². The average Bonchev–Trinajstić information content (AvgIpc) is 2.71. The molecule has 1 aliphatic rings. The SMILES string of the molecule is CCOCC(CNC(C)C)C1CCCC1. The minimum absolute atomic E-state index is 0.593. The van der Waals surface area contributed by atoms with E-state index in [0.717, 1.165) is 31.6 Å². The van der Waals surface area contributed by atoms with Crippen molar-refractivity contribution >= 4 is 0 Å². The van der Waals surface area contributed by atoms with E-state index in [1.165, 1.54) is 25.7 Å². The number of ether oxygens (including phenoxy) is 1. The molecule has 0 aromatic heterocycles. The molecule has 0 saturated heterocycles. The molecule has 0 aromatic carbocycles. The Bertz CT molecular complexity index is 153.